The van der Waals surface area contributed by atoms with Crippen LogP contribution >= 0.6 is 0 Å². The number of carbonyl (C=O) groups is 1. The Morgan fingerprint density at radius 1 is 1.21 bits per heavy atom. The van der Waals surface area contributed by atoms with Gasteiger partial charge in [0.25, 0.3) is 0 Å². The molecule has 0 spiro atoms. The fourth-order valence-electron chi connectivity index (χ4n) is 4.28. The summed E-state index contributed by atoms with van der Waals surface area (Å²) in [7, 11) is 0. The van der Waals surface area contributed by atoms with Crippen molar-refractivity contribution in [1.29, 1.82) is 0 Å². The summed E-state index contributed by atoms with van der Waals surface area (Å²) in [5, 5.41) is 6.72. The molecule has 4 heterocycles. The van der Waals surface area contributed by atoms with Crippen LogP contribution in [0.2, 0.25) is 0 Å². The molecule has 3 fully saturated rings. The summed E-state index contributed by atoms with van der Waals surface area (Å²) in [4.78, 5) is 23.3. The molecule has 154 valence electrons. The highest BCUT2D eigenvalue weighted by molar-refractivity contribution is 5.81. The molecule has 2 N–H and O–H groups in total. The molecule has 8 nitrogen and oxygen atoms in total. The minimum Gasteiger partial charge on any atom is -0.376 e. The number of nitrogens with one attached hydrogen (secondary N) is 2. The maximum absolute atomic E-state index is 12.4. The second kappa shape index (κ2) is 9.62. The average molecular weight is 390 g/mol. The molecule has 0 saturated carbocycles. The first-order valence-corrected chi connectivity index (χ1v) is 10.6. The van der Waals surface area contributed by atoms with Crippen molar-refractivity contribution < 1.29 is 14.3 Å². The minimum atomic E-state index is -0.270. The Bertz CT molecular complexity index is 618. The van der Waals surface area contributed by atoms with Crippen LogP contribution in [0.3, 0.4) is 0 Å². The summed E-state index contributed by atoms with van der Waals surface area (Å²) in [5.41, 5.74) is 0. The number of hydrogen-bond acceptors (Lipinski definition) is 7. The highest BCUT2D eigenvalue weighted by Gasteiger charge is 2.31. The maximum atomic E-state index is 12.4. The van der Waals surface area contributed by atoms with Crippen LogP contribution in [0.5, 0.6) is 0 Å². The molecule has 1 aromatic heterocycles. The molecule has 1 aromatic rings. The largest absolute Gasteiger partial charge is 0.376 e. The lowest BCUT2D eigenvalue weighted by molar-refractivity contribution is -0.131. The van der Waals surface area contributed by atoms with Gasteiger partial charge >= 0.3 is 0 Å². The Hall–Kier alpha value is -1.77. The first-order chi connectivity index (χ1) is 13.8. The van der Waals surface area contributed by atoms with Crippen molar-refractivity contribution in [2.45, 2.75) is 62.8 Å². The Morgan fingerprint density at radius 2 is 2.04 bits per heavy atom. The third-order valence-electron chi connectivity index (χ3n) is 5.92. The van der Waals surface area contributed by atoms with Gasteiger partial charge < -0.3 is 25.0 Å². The highest BCUT2D eigenvalue weighted by atomic mass is 16.5. The van der Waals surface area contributed by atoms with Crippen LogP contribution in [0.25, 0.3) is 0 Å². The Balaban J connectivity index is 1.22. The van der Waals surface area contributed by atoms with Crippen molar-refractivity contribution in [2.75, 3.05) is 37.7 Å². The molecule has 0 aliphatic carbocycles. The molecule has 3 aliphatic rings. The first kappa shape index (κ1) is 19.5. The van der Waals surface area contributed by atoms with Crippen LogP contribution in [0.4, 0.5) is 5.95 Å². The summed E-state index contributed by atoms with van der Waals surface area (Å²) < 4.78 is 11.7. The van der Waals surface area contributed by atoms with Crippen LogP contribution < -0.4 is 15.5 Å². The monoisotopic (exact) mass is 389 g/mol. The van der Waals surface area contributed by atoms with E-state index in [1.165, 1.54) is 0 Å². The van der Waals surface area contributed by atoms with Crippen molar-refractivity contribution in [3.8, 4) is 0 Å². The second-order valence-corrected chi connectivity index (χ2v) is 7.89. The SMILES string of the molecule is O=C(N[C@@H]1CCCN[C@@H]1COC1CCN(c2ncccn2)CC1)[C@@H]1CCCO1. The van der Waals surface area contributed by atoms with Crippen LogP contribution in [-0.2, 0) is 14.3 Å². The third kappa shape index (κ3) is 4.98. The van der Waals surface area contributed by atoms with Crippen LogP contribution in [0.15, 0.2) is 18.5 Å². The molecular formula is C20H31N5O3. The van der Waals surface area contributed by atoms with Gasteiger partial charge in [-0.05, 0) is 51.1 Å². The Kier molecular flexibility index (Phi) is 6.72. The smallest absolute Gasteiger partial charge is 0.249 e. The number of piperidine rings is 2. The van der Waals surface area contributed by atoms with Gasteiger partial charge in [0.1, 0.15) is 6.10 Å². The zero-order valence-electron chi connectivity index (χ0n) is 16.4. The lowest BCUT2D eigenvalue weighted by Gasteiger charge is -2.36. The summed E-state index contributed by atoms with van der Waals surface area (Å²) in [6.07, 6.45) is 9.35. The molecule has 3 atom stereocenters. The molecule has 0 radical (unpaired) electrons. The lowest BCUT2D eigenvalue weighted by atomic mass is 9.98. The van der Waals surface area contributed by atoms with Gasteiger partial charge in [0.2, 0.25) is 11.9 Å². The lowest BCUT2D eigenvalue weighted by Crippen LogP contribution is -2.57. The normalized spacial score (nSPS) is 29.0. The maximum Gasteiger partial charge on any atom is 0.249 e. The summed E-state index contributed by atoms with van der Waals surface area (Å²) in [6, 6.07) is 2.11. The van der Waals surface area contributed by atoms with Crippen LogP contribution in [-0.4, -0.2) is 73.0 Å². The average Bonchev–Trinajstić information content (AvgIpc) is 3.29. The van der Waals surface area contributed by atoms with Crippen LogP contribution in [0.1, 0.15) is 38.5 Å². The van der Waals surface area contributed by atoms with Crippen molar-refractivity contribution in [1.82, 2.24) is 20.6 Å². The summed E-state index contributed by atoms with van der Waals surface area (Å²) in [6.45, 7) is 4.12. The molecule has 0 aromatic carbocycles. The van der Waals surface area contributed by atoms with Gasteiger partial charge in [-0.1, -0.05) is 0 Å². The molecule has 28 heavy (non-hydrogen) atoms. The fourth-order valence-corrected chi connectivity index (χ4v) is 4.28. The second-order valence-electron chi connectivity index (χ2n) is 7.89. The number of nitrogens with zero attached hydrogens (tertiary/aromatic N) is 3. The van der Waals surface area contributed by atoms with Gasteiger partial charge in [0, 0.05) is 38.1 Å². The van der Waals surface area contributed by atoms with E-state index in [1.54, 1.807) is 12.4 Å². The Labute approximate surface area is 166 Å². The molecule has 8 heteroatoms. The van der Waals surface area contributed by atoms with Gasteiger partial charge in [-0.2, -0.15) is 0 Å². The van der Waals surface area contributed by atoms with Gasteiger partial charge in [-0.15, -0.1) is 0 Å². The molecule has 1 amide bonds. The van der Waals surface area contributed by atoms with E-state index in [0.717, 1.165) is 64.1 Å². The summed E-state index contributed by atoms with van der Waals surface area (Å²) in [5.74, 6) is 0.833. The van der Waals surface area contributed by atoms with Crippen LogP contribution in [0, 0.1) is 0 Å². The highest BCUT2D eigenvalue weighted by Crippen LogP contribution is 2.19. The predicted octanol–water partition coefficient (Wildman–Crippen LogP) is 0.878. The number of ether oxygens (including phenoxy) is 2. The van der Waals surface area contributed by atoms with E-state index in [9.17, 15) is 4.79 Å². The standard InChI is InChI=1S/C20H31N5O3/c26-19(18-5-2-13-27-18)24-16-4-1-8-21-17(16)14-28-15-6-11-25(12-7-15)20-22-9-3-10-23-20/h3,9-10,15-18,21H,1-2,4-8,11-14H2,(H,24,26)/t16-,17-,18+/m1/s1. The molecule has 4 rings (SSSR count). The van der Waals surface area contributed by atoms with Crippen molar-refractivity contribution in [3.63, 3.8) is 0 Å². The van der Waals surface area contributed by atoms with Crippen molar-refractivity contribution in [3.05, 3.63) is 18.5 Å². The fraction of sp³-hybridized carbons (Fsp3) is 0.750. The quantitative estimate of drug-likeness (QED) is 0.747. The zero-order chi connectivity index (χ0) is 19.2. The number of hydrogen-bond donors (Lipinski definition) is 2. The van der Waals surface area contributed by atoms with Gasteiger partial charge in [-0.25, -0.2) is 9.97 Å². The van der Waals surface area contributed by atoms with E-state index in [0.29, 0.717) is 13.2 Å². The minimum absolute atomic E-state index is 0.0346. The van der Waals surface area contributed by atoms with Gasteiger partial charge in [-0.3, -0.25) is 4.79 Å². The number of amides is 1. The predicted molar refractivity (Wildman–Crippen MR) is 105 cm³/mol. The van der Waals surface area contributed by atoms with E-state index in [1.807, 2.05) is 6.07 Å². The topological polar surface area (TPSA) is 88.6 Å². The van der Waals surface area contributed by atoms with Gasteiger partial charge in [0.05, 0.1) is 18.8 Å². The Morgan fingerprint density at radius 3 is 2.79 bits per heavy atom. The summed E-state index contributed by atoms with van der Waals surface area (Å²) >= 11 is 0. The van der Waals surface area contributed by atoms with E-state index < -0.39 is 0 Å². The number of rotatable bonds is 6. The zero-order valence-corrected chi connectivity index (χ0v) is 16.4. The van der Waals surface area contributed by atoms with Crippen molar-refractivity contribution >= 4 is 11.9 Å². The molecule has 0 unspecified atom stereocenters. The van der Waals surface area contributed by atoms with Gasteiger partial charge in [0.15, 0.2) is 0 Å². The molecule has 3 saturated heterocycles. The molecule has 3 aliphatic heterocycles. The van der Waals surface area contributed by atoms with E-state index in [-0.39, 0.29) is 30.2 Å². The third-order valence-corrected chi connectivity index (χ3v) is 5.92. The molecule has 0 bridgehead atoms. The number of aromatic nitrogens is 2. The van der Waals surface area contributed by atoms with Crippen molar-refractivity contribution in [2.24, 2.45) is 0 Å². The number of anilines is 1. The van der Waals surface area contributed by atoms with E-state index in [2.05, 4.69) is 25.5 Å². The number of carbonyl (C=O) groups excluding carboxylic acids is 1. The van der Waals surface area contributed by atoms with E-state index in [4.69, 9.17) is 9.47 Å². The first-order valence-electron chi connectivity index (χ1n) is 10.6. The van der Waals surface area contributed by atoms with E-state index >= 15 is 0 Å². The molecular weight excluding hydrogens is 358 g/mol.